The summed E-state index contributed by atoms with van der Waals surface area (Å²) >= 11 is 0. The van der Waals surface area contributed by atoms with E-state index >= 15 is 0 Å². The second-order valence-corrected chi connectivity index (χ2v) is 5.33. The van der Waals surface area contributed by atoms with Crippen LogP contribution >= 0.6 is 0 Å². The van der Waals surface area contributed by atoms with E-state index in [0.717, 1.165) is 0 Å². The number of rotatable bonds is 2. The quantitative estimate of drug-likeness (QED) is 0.666. The summed E-state index contributed by atoms with van der Waals surface area (Å²) in [5.41, 5.74) is -0.611. The van der Waals surface area contributed by atoms with E-state index in [1.54, 1.807) is 20.8 Å². The number of carboxylic acids is 1. The van der Waals surface area contributed by atoms with Gasteiger partial charge in [0.2, 0.25) is 0 Å². The number of aliphatic carboxylic acids is 1. The smallest absolute Gasteiger partial charge is 0.407 e. The maximum atomic E-state index is 11.4. The summed E-state index contributed by atoms with van der Waals surface area (Å²) in [6, 6.07) is -0.550. The Morgan fingerprint density at radius 2 is 1.88 bits per heavy atom. The minimum absolute atomic E-state index is 0.162. The minimum Gasteiger partial charge on any atom is -0.481 e. The van der Waals surface area contributed by atoms with Crippen LogP contribution in [0.5, 0.6) is 0 Å². The molecule has 1 aliphatic rings. The molecule has 98 valence electrons. The molecule has 1 fully saturated rings. The van der Waals surface area contributed by atoms with E-state index in [0.29, 0.717) is 0 Å². The van der Waals surface area contributed by atoms with Crippen LogP contribution in [0.15, 0.2) is 0 Å². The number of carbonyl (C=O) groups excluding carboxylic acids is 1. The Morgan fingerprint density at radius 3 is 2.29 bits per heavy atom. The van der Waals surface area contributed by atoms with Gasteiger partial charge in [0.05, 0.1) is 18.1 Å². The van der Waals surface area contributed by atoms with E-state index < -0.39 is 35.7 Å². The Bertz CT molecular complexity index is 309. The van der Waals surface area contributed by atoms with E-state index in [2.05, 4.69) is 5.32 Å². The second kappa shape index (κ2) is 4.91. The molecule has 0 aromatic carbocycles. The van der Waals surface area contributed by atoms with Crippen LogP contribution in [0.2, 0.25) is 0 Å². The first-order chi connectivity index (χ1) is 7.69. The van der Waals surface area contributed by atoms with Gasteiger partial charge in [-0.15, -0.1) is 0 Å². The Balaban J connectivity index is 2.47. The molecule has 3 N–H and O–H groups in total. The monoisotopic (exact) mass is 245 g/mol. The number of hydrogen-bond acceptors (Lipinski definition) is 4. The molecule has 0 saturated heterocycles. The van der Waals surface area contributed by atoms with Gasteiger partial charge in [0, 0.05) is 0 Å². The van der Waals surface area contributed by atoms with E-state index in [1.807, 2.05) is 0 Å². The van der Waals surface area contributed by atoms with Crippen molar-refractivity contribution in [1.82, 2.24) is 5.32 Å². The van der Waals surface area contributed by atoms with Crippen LogP contribution in [0.4, 0.5) is 4.79 Å². The van der Waals surface area contributed by atoms with Crippen LogP contribution in [0.3, 0.4) is 0 Å². The molecule has 0 bridgehead atoms. The van der Waals surface area contributed by atoms with Crippen LogP contribution in [-0.2, 0) is 9.53 Å². The van der Waals surface area contributed by atoms with Gasteiger partial charge in [-0.3, -0.25) is 4.79 Å². The summed E-state index contributed by atoms with van der Waals surface area (Å²) in [4.78, 5) is 22.2. The van der Waals surface area contributed by atoms with Crippen molar-refractivity contribution in [2.75, 3.05) is 0 Å². The Morgan fingerprint density at radius 1 is 1.29 bits per heavy atom. The lowest BCUT2D eigenvalue weighted by Crippen LogP contribution is -2.42. The molecule has 0 aromatic heterocycles. The van der Waals surface area contributed by atoms with Gasteiger partial charge in [0.15, 0.2) is 0 Å². The molecule has 1 rings (SSSR count). The van der Waals surface area contributed by atoms with Crippen molar-refractivity contribution in [3.8, 4) is 0 Å². The van der Waals surface area contributed by atoms with Crippen molar-refractivity contribution in [3.63, 3.8) is 0 Å². The predicted octanol–water partition coefficient (Wildman–Crippen LogP) is 0.735. The molecule has 0 aliphatic heterocycles. The van der Waals surface area contributed by atoms with E-state index in [-0.39, 0.29) is 12.8 Å². The number of aliphatic hydroxyl groups excluding tert-OH is 1. The highest BCUT2D eigenvalue weighted by Gasteiger charge is 2.38. The summed E-state index contributed by atoms with van der Waals surface area (Å²) in [6.07, 6.45) is -1.07. The third-order valence-electron chi connectivity index (χ3n) is 2.58. The highest BCUT2D eigenvalue weighted by Crippen LogP contribution is 2.26. The number of aliphatic hydroxyl groups is 1. The average Bonchev–Trinajstić information content (AvgIpc) is 2.44. The molecule has 0 spiro atoms. The first kappa shape index (κ1) is 13.8. The molecule has 0 unspecified atom stereocenters. The first-order valence-corrected chi connectivity index (χ1v) is 5.59. The van der Waals surface area contributed by atoms with Crippen LogP contribution in [-0.4, -0.2) is 40.0 Å². The van der Waals surface area contributed by atoms with E-state index in [4.69, 9.17) is 9.84 Å². The Kier molecular flexibility index (Phi) is 3.98. The fraction of sp³-hybridized carbons (Fsp3) is 0.818. The van der Waals surface area contributed by atoms with Gasteiger partial charge >= 0.3 is 12.1 Å². The van der Waals surface area contributed by atoms with Crippen LogP contribution < -0.4 is 5.32 Å². The summed E-state index contributed by atoms with van der Waals surface area (Å²) in [5, 5.41) is 20.9. The zero-order valence-corrected chi connectivity index (χ0v) is 10.3. The van der Waals surface area contributed by atoms with Gasteiger partial charge in [0.25, 0.3) is 0 Å². The molecule has 6 nitrogen and oxygen atoms in total. The summed E-state index contributed by atoms with van der Waals surface area (Å²) < 4.78 is 5.04. The normalized spacial score (nSPS) is 28.8. The van der Waals surface area contributed by atoms with Crippen molar-refractivity contribution < 1.29 is 24.5 Å². The molecule has 1 amide bonds. The average molecular weight is 245 g/mol. The van der Waals surface area contributed by atoms with E-state index in [9.17, 15) is 14.7 Å². The van der Waals surface area contributed by atoms with Crippen molar-refractivity contribution in [3.05, 3.63) is 0 Å². The fourth-order valence-corrected chi connectivity index (χ4v) is 1.83. The van der Waals surface area contributed by atoms with Crippen LogP contribution in [0, 0.1) is 5.92 Å². The third-order valence-corrected chi connectivity index (χ3v) is 2.58. The lowest BCUT2D eigenvalue weighted by molar-refractivity contribution is -0.141. The third kappa shape index (κ3) is 4.22. The van der Waals surface area contributed by atoms with Crippen LogP contribution in [0.1, 0.15) is 33.6 Å². The molecule has 0 radical (unpaired) electrons. The number of hydrogen-bond donors (Lipinski definition) is 3. The molecule has 1 saturated carbocycles. The molecule has 0 aromatic rings. The maximum Gasteiger partial charge on any atom is 0.407 e. The van der Waals surface area contributed by atoms with Crippen molar-refractivity contribution in [1.29, 1.82) is 0 Å². The molecule has 3 atom stereocenters. The van der Waals surface area contributed by atoms with Gasteiger partial charge < -0.3 is 20.3 Å². The zero-order chi connectivity index (χ0) is 13.2. The largest absolute Gasteiger partial charge is 0.481 e. The van der Waals surface area contributed by atoms with Gasteiger partial charge in [-0.1, -0.05) is 0 Å². The lowest BCUT2D eigenvalue weighted by Gasteiger charge is -2.22. The minimum atomic E-state index is -0.947. The SMILES string of the molecule is CC(C)(C)OC(=O)N[C@H]1C[C@@H](C(=O)O)C[C@@H]1O. The van der Waals surface area contributed by atoms with Crippen molar-refractivity contribution in [2.24, 2.45) is 5.92 Å². The van der Waals surface area contributed by atoms with Crippen LogP contribution in [0.25, 0.3) is 0 Å². The number of amides is 1. The first-order valence-electron chi connectivity index (χ1n) is 5.59. The standard InChI is InChI=1S/C11H19NO5/c1-11(2,3)17-10(16)12-7-4-6(9(14)15)5-8(7)13/h6-8,13H,4-5H2,1-3H3,(H,12,16)(H,14,15)/t6-,7+,8+/m1/s1. The molecule has 1 aliphatic carbocycles. The van der Waals surface area contributed by atoms with E-state index in [1.165, 1.54) is 0 Å². The van der Waals surface area contributed by atoms with Gasteiger partial charge in [-0.2, -0.15) is 0 Å². The Hall–Kier alpha value is -1.30. The Labute approximate surface area is 100.0 Å². The number of carboxylic acid groups (broad SMARTS) is 1. The van der Waals surface area contributed by atoms with Gasteiger partial charge in [-0.05, 0) is 33.6 Å². The second-order valence-electron chi connectivity index (χ2n) is 5.33. The fourth-order valence-electron chi connectivity index (χ4n) is 1.83. The maximum absolute atomic E-state index is 11.4. The predicted molar refractivity (Wildman–Crippen MR) is 59.5 cm³/mol. The molecular weight excluding hydrogens is 226 g/mol. The number of nitrogens with one attached hydrogen (secondary N) is 1. The van der Waals surface area contributed by atoms with Crippen molar-refractivity contribution >= 4 is 12.1 Å². The lowest BCUT2D eigenvalue weighted by atomic mass is 10.1. The molecule has 17 heavy (non-hydrogen) atoms. The van der Waals surface area contributed by atoms with Gasteiger partial charge in [-0.25, -0.2) is 4.79 Å². The number of ether oxygens (including phenoxy) is 1. The highest BCUT2D eigenvalue weighted by atomic mass is 16.6. The summed E-state index contributed by atoms with van der Waals surface area (Å²) in [6.45, 7) is 5.20. The molecule has 6 heteroatoms. The highest BCUT2D eigenvalue weighted by molar-refractivity contribution is 5.72. The number of carbonyl (C=O) groups is 2. The van der Waals surface area contributed by atoms with Gasteiger partial charge in [0.1, 0.15) is 5.60 Å². The topological polar surface area (TPSA) is 95.9 Å². The molecule has 0 heterocycles. The number of alkyl carbamates (subject to hydrolysis) is 1. The zero-order valence-electron chi connectivity index (χ0n) is 10.3. The van der Waals surface area contributed by atoms with Crippen molar-refractivity contribution in [2.45, 2.75) is 51.4 Å². The summed E-state index contributed by atoms with van der Waals surface area (Å²) in [5.74, 6) is -1.55. The summed E-state index contributed by atoms with van der Waals surface area (Å²) in [7, 11) is 0. The molecular formula is C11H19NO5.